The van der Waals surface area contributed by atoms with Crippen molar-refractivity contribution in [1.29, 1.82) is 0 Å². The molecular formula is C13H16FN3OS. The lowest BCUT2D eigenvalue weighted by Gasteiger charge is -2.02. The Kier molecular flexibility index (Phi) is 4.93. The molecule has 0 radical (unpaired) electrons. The summed E-state index contributed by atoms with van der Waals surface area (Å²) in [5.74, 6) is 1.40. The van der Waals surface area contributed by atoms with Gasteiger partial charge >= 0.3 is 0 Å². The molecular weight excluding hydrogens is 265 g/mol. The summed E-state index contributed by atoms with van der Waals surface area (Å²) in [5, 5.41) is 7.06. The van der Waals surface area contributed by atoms with Gasteiger partial charge in [0.15, 0.2) is 5.82 Å². The average Bonchev–Trinajstić information content (AvgIpc) is 2.83. The number of rotatable bonds is 6. The second-order valence-corrected chi connectivity index (χ2v) is 5.38. The second-order valence-electron chi connectivity index (χ2n) is 4.36. The molecule has 4 nitrogen and oxygen atoms in total. The highest BCUT2D eigenvalue weighted by atomic mass is 32.2. The van der Waals surface area contributed by atoms with Crippen LogP contribution in [-0.2, 0) is 12.3 Å². The predicted molar refractivity (Wildman–Crippen MR) is 72.2 cm³/mol. The molecule has 1 aromatic carbocycles. The molecule has 2 aromatic rings. The van der Waals surface area contributed by atoms with Crippen LogP contribution in [0.15, 0.2) is 33.7 Å². The molecule has 102 valence electrons. The highest BCUT2D eigenvalue weighted by molar-refractivity contribution is 7.98. The number of thioether (sulfide) groups is 1. The molecule has 0 aliphatic carbocycles. The summed E-state index contributed by atoms with van der Waals surface area (Å²) >= 11 is 1.36. The molecule has 1 N–H and O–H groups in total. The fraction of sp³-hybridized carbons (Fsp3) is 0.385. The molecule has 0 aliphatic rings. The zero-order valence-electron chi connectivity index (χ0n) is 10.9. The van der Waals surface area contributed by atoms with Gasteiger partial charge in [-0.05, 0) is 12.1 Å². The maximum Gasteiger partial charge on any atom is 0.240 e. The van der Waals surface area contributed by atoms with Crippen LogP contribution >= 0.6 is 11.8 Å². The Morgan fingerprint density at radius 1 is 1.37 bits per heavy atom. The lowest BCUT2D eigenvalue weighted by molar-refractivity contribution is 0.358. The van der Waals surface area contributed by atoms with Gasteiger partial charge in [0.2, 0.25) is 5.89 Å². The van der Waals surface area contributed by atoms with E-state index in [-0.39, 0.29) is 5.82 Å². The minimum atomic E-state index is -0.224. The van der Waals surface area contributed by atoms with E-state index in [0.29, 0.717) is 35.0 Å². The number of hydrogen-bond acceptors (Lipinski definition) is 5. The van der Waals surface area contributed by atoms with Crippen molar-refractivity contribution in [2.45, 2.75) is 37.1 Å². The molecule has 2 rings (SSSR count). The van der Waals surface area contributed by atoms with Crippen LogP contribution in [0, 0.1) is 5.82 Å². The summed E-state index contributed by atoms with van der Waals surface area (Å²) < 4.78 is 18.5. The highest BCUT2D eigenvalue weighted by Crippen LogP contribution is 2.24. The number of nitrogens with zero attached hydrogens (tertiary/aromatic N) is 2. The zero-order valence-corrected chi connectivity index (χ0v) is 11.7. The zero-order chi connectivity index (χ0) is 13.7. The van der Waals surface area contributed by atoms with E-state index < -0.39 is 0 Å². The number of aromatic nitrogens is 2. The van der Waals surface area contributed by atoms with E-state index in [0.717, 1.165) is 0 Å². The van der Waals surface area contributed by atoms with E-state index in [9.17, 15) is 4.39 Å². The molecule has 0 saturated heterocycles. The van der Waals surface area contributed by atoms with Crippen molar-refractivity contribution in [2.75, 3.05) is 0 Å². The lowest BCUT2D eigenvalue weighted by Crippen LogP contribution is -2.21. The van der Waals surface area contributed by atoms with Crippen LogP contribution in [0.1, 0.15) is 25.6 Å². The van der Waals surface area contributed by atoms with Crippen LogP contribution in [-0.4, -0.2) is 16.2 Å². The van der Waals surface area contributed by atoms with Gasteiger partial charge < -0.3 is 9.84 Å². The first-order valence-electron chi connectivity index (χ1n) is 6.07. The summed E-state index contributed by atoms with van der Waals surface area (Å²) in [7, 11) is 0. The van der Waals surface area contributed by atoms with Crippen molar-refractivity contribution < 1.29 is 8.91 Å². The van der Waals surface area contributed by atoms with Gasteiger partial charge in [-0.1, -0.05) is 31.1 Å². The number of halogens is 1. The highest BCUT2D eigenvalue weighted by Gasteiger charge is 2.08. The molecule has 6 heteroatoms. The van der Waals surface area contributed by atoms with Gasteiger partial charge in [0.25, 0.3) is 0 Å². The third-order valence-corrected chi connectivity index (χ3v) is 3.41. The Labute approximate surface area is 115 Å². The molecule has 19 heavy (non-hydrogen) atoms. The summed E-state index contributed by atoms with van der Waals surface area (Å²) in [6.45, 7) is 4.64. The average molecular weight is 281 g/mol. The minimum absolute atomic E-state index is 0.224. The fourth-order valence-corrected chi connectivity index (χ4v) is 2.20. The van der Waals surface area contributed by atoms with E-state index in [1.165, 1.54) is 17.8 Å². The molecule has 0 saturated carbocycles. The SMILES string of the molecule is CC(C)NCc1nc(CSc2ccccc2F)no1. The number of benzene rings is 1. The van der Waals surface area contributed by atoms with Crippen molar-refractivity contribution in [3.05, 3.63) is 41.8 Å². The van der Waals surface area contributed by atoms with Gasteiger partial charge in [0.05, 0.1) is 12.3 Å². The smallest absolute Gasteiger partial charge is 0.240 e. The molecule has 1 heterocycles. The van der Waals surface area contributed by atoms with Crippen LogP contribution < -0.4 is 5.32 Å². The first-order chi connectivity index (χ1) is 9.15. The molecule has 0 atom stereocenters. The Morgan fingerprint density at radius 3 is 2.89 bits per heavy atom. The fourth-order valence-electron chi connectivity index (χ4n) is 1.42. The third-order valence-electron chi connectivity index (χ3n) is 2.37. The summed E-state index contributed by atoms with van der Waals surface area (Å²) in [5.41, 5.74) is 0. The van der Waals surface area contributed by atoms with Gasteiger partial charge in [-0.3, -0.25) is 0 Å². The van der Waals surface area contributed by atoms with E-state index in [2.05, 4.69) is 15.5 Å². The van der Waals surface area contributed by atoms with Gasteiger partial charge in [0.1, 0.15) is 5.82 Å². The standard InChI is InChI=1S/C13H16FN3OS/c1-9(2)15-7-13-16-12(17-18-13)8-19-11-6-4-3-5-10(11)14/h3-6,9,15H,7-8H2,1-2H3. The summed E-state index contributed by atoms with van der Waals surface area (Å²) in [4.78, 5) is 4.84. The number of hydrogen-bond donors (Lipinski definition) is 1. The van der Waals surface area contributed by atoms with Crippen molar-refractivity contribution in [3.63, 3.8) is 0 Å². The molecule has 0 spiro atoms. The molecule has 0 aliphatic heterocycles. The van der Waals surface area contributed by atoms with Crippen LogP contribution in [0.5, 0.6) is 0 Å². The van der Waals surface area contributed by atoms with Crippen LogP contribution in [0.2, 0.25) is 0 Å². The van der Waals surface area contributed by atoms with Gasteiger partial charge in [-0.15, -0.1) is 11.8 Å². The first kappa shape index (κ1) is 14.0. The van der Waals surface area contributed by atoms with E-state index in [4.69, 9.17) is 4.52 Å². The molecule has 0 bridgehead atoms. The first-order valence-corrected chi connectivity index (χ1v) is 7.06. The Balaban J connectivity index is 1.88. The van der Waals surface area contributed by atoms with Gasteiger partial charge in [-0.25, -0.2) is 4.39 Å². The maximum atomic E-state index is 13.4. The van der Waals surface area contributed by atoms with Crippen LogP contribution in [0.4, 0.5) is 4.39 Å². The van der Waals surface area contributed by atoms with Crippen LogP contribution in [0.3, 0.4) is 0 Å². The summed E-state index contributed by atoms with van der Waals surface area (Å²) in [6.07, 6.45) is 0. The van der Waals surface area contributed by atoms with Crippen molar-refractivity contribution in [3.8, 4) is 0 Å². The van der Waals surface area contributed by atoms with Crippen molar-refractivity contribution in [2.24, 2.45) is 0 Å². The molecule has 0 amide bonds. The lowest BCUT2D eigenvalue weighted by atomic mass is 10.3. The monoisotopic (exact) mass is 281 g/mol. The number of nitrogens with one attached hydrogen (secondary N) is 1. The molecule has 1 aromatic heterocycles. The van der Waals surface area contributed by atoms with Crippen LogP contribution in [0.25, 0.3) is 0 Å². The van der Waals surface area contributed by atoms with Gasteiger partial charge in [-0.2, -0.15) is 4.98 Å². The Hall–Kier alpha value is -1.40. The van der Waals surface area contributed by atoms with Gasteiger partial charge in [0, 0.05) is 10.9 Å². The maximum absolute atomic E-state index is 13.4. The van der Waals surface area contributed by atoms with E-state index in [1.807, 2.05) is 13.8 Å². The van der Waals surface area contributed by atoms with E-state index in [1.54, 1.807) is 18.2 Å². The Bertz CT molecular complexity index is 530. The largest absolute Gasteiger partial charge is 0.338 e. The predicted octanol–water partition coefficient (Wildman–Crippen LogP) is 3.00. The van der Waals surface area contributed by atoms with Crippen molar-refractivity contribution >= 4 is 11.8 Å². The topological polar surface area (TPSA) is 51.0 Å². The molecule has 0 fully saturated rings. The van der Waals surface area contributed by atoms with E-state index >= 15 is 0 Å². The summed E-state index contributed by atoms with van der Waals surface area (Å²) in [6, 6.07) is 7.02. The second kappa shape index (κ2) is 6.68. The van der Waals surface area contributed by atoms with Crippen molar-refractivity contribution in [1.82, 2.24) is 15.5 Å². The third kappa shape index (κ3) is 4.33. The molecule has 0 unspecified atom stereocenters. The minimum Gasteiger partial charge on any atom is -0.338 e. The quantitative estimate of drug-likeness (QED) is 0.825. The normalized spacial score (nSPS) is 11.2. The Morgan fingerprint density at radius 2 is 2.16 bits per heavy atom.